The summed E-state index contributed by atoms with van der Waals surface area (Å²) < 4.78 is 1.07. The van der Waals surface area contributed by atoms with Crippen molar-refractivity contribution in [3.63, 3.8) is 0 Å². The first kappa shape index (κ1) is 11.0. The Bertz CT molecular complexity index is 334. The van der Waals surface area contributed by atoms with Crippen LogP contribution >= 0.6 is 15.9 Å². The number of nitrogens with zero attached hydrogens (tertiary/aromatic N) is 2. The molecule has 1 aromatic carbocycles. The predicted octanol–water partition coefficient (Wildman–Crippen LogP) is 1.83. The van der Waals surface area contributed by atoms with E-state index in [0.29, 0.717) is 12.5 Å². The van der Waals surface area contributed by atoms with Crippen molar-refractivity contribution in [3.05, 3.63) is 34.3 Å². The molecule has 0 fully saturated rings. The molecule has 0 spiro atoms. The van der Waals surface area contributed by atoms with Crippen molar-refractivity contribution in [1.82, 2.24) is 4.90 Å². The van der Waals surface area contributed by atoms with Crippen LogP contribution in [-0.4, -0.2) is 25.0 Å². The number of hydrogen-bond acceptors (Lipinski definition) is 1. The first-order valence-corrected chi connectivity index (χ1v) is 5.11. The summed E-state index contributed by atoms with van der Waals surface area (Å²) in [6.45, 7) is 0.603. The van der Waals surface area contributed by atoms with E-state index in [1.165, 1.54) is 0 Å². The molecule has 0 saturated carbocycles. The second-order valence-corrected chi connectivity index (χ2v) is 4.01. The number of guanidine groups is 1. The van der Waals surface area contributed by atoms with Gasteiger partial charge in [-0.15, -0.1) is 0 Å². The molecule has 0 aromatic heterocycles. The molecule has 0 saturated heterocycles. The zero-order valence-corrected chi connectivity index (χ0v) is 9.95. The monoisotopic (exact) mass is 255 g/mol. The molecule has 0 heterocycles. The average Bonchev–Trinajstić information content (AvgIpc) is 2.16. The Labute approximate surface area is 92.8 Å². The van der Waals surface area contributed by atoms with Gasteiger partial charge in [0.25, 0.3) is 0 Å². The van der Waals surface area contributed by atoms with Crippen molar-refractivity contribution >= 4 is 21.9 Å². The van der Waals surface area contributed by atoms with E-state index in [1.807, 2.05) is 38.4 Å². The summed E-state index contributed by atoms with van der Waals surface area (Å²) in [5.74, 6) is 0.542. The smallest absolute Gasteiger partial charge is 0.191 e. The van der Waals surface area contributed by atoms with Gasteiger partial charge in [0, 0.05) is 18.6 Å². The van der Waals surface area contributed by atoms with Gasteiger partial charge < -0.3 is 10.6 Å². The van der Waals surface area contributed by atoms with Crippen molar-refractivity contribution in [1.29, 1.82) is 0 Å². The summed E-state index contributed by atoms with van der Waals surface area (Å²) in [4.78, 5) is 6.03. The van der Waals surface area contributed by atoms with Gasteiger partial charge in [0.05, 0.1) is 6.54 Å². The van der Waals surface area contributed by atoms with Crippen LogP contribution in [0.25, 0.3) is 0 Å². The molecule has 0 amide bonds. The number of benzene rings is 1. The van der Waals surface area contributed by atoms with E-state index in [0.717, 1.165) is 10.0 Å². The summed E-state index contributed by atoms with van der Waals surface area (Å²) in [6, 6.07) is 7.99. The first-order valence-electron chi connectivity index (χ1n) is 4.32. The number of nitrogens with two attached hydrogens (primary N) is 1. The summed E-state index contributed by atoms with van der Waals surface area (Å²) in [5, 5.41) is 0. The molecule has 0 aliphatic carbocycles. The molecule has 0 aliphatic rings. The molecule has 0 unspecified atom stereocenters. The Morgan fingerprint density at radius 3 is 2.64 bits per heavy atom. The van der Waals surface area contributed by atoms with Crippen LogP contribution in [0.3, 0.4) is 0 Å². The topological polar surface area (TPSA) is 41.6 Å². The van der Waals surface area contributed by atoms with Gasteiger partial charge in [0.1, 0.15) is 0 Å². The molecule has 0 atom stereocenters. The fourth-order valence-corrected chi connectivity index (χ4v) is 1.34. The minimum atomic E-state index is 0.542. The Morgan fingerprint density at radius 1 is 1.43 bits per heavy atom. The lowest BCUT2D eigenvalue weighted by atomic mass is 10.2. The van der Waals surface area contributed by atoms with E-state index in [1.54, 1.807) is 4.90 Å². The first-order chi connectivity index (χ1) is 6.61. The van der Waals surface area contributed by atoms with Gasteiger partial charge in [-0.2, -0.15) is 0 Å². The molecule has 1 rings (SSSR count). The predicted molar refractivity (Wildman–Crippen MR) is 63.2 cm³/mol. The highest BCUT2D eigenvalue weighted by molar-refractivity contribution is 9.10. The third-order valence-corrected chi connectivity index (χ3v) is 2.60. The number of aliphatic imine (C=N–C) groups is 1. The van der Waals surface area contributed by atoms with Gasteiger partial charge in [0.2, 0.25) is 0 Å². The molecule has 0 aliphatic heterocycles. The standard InChI is InChI=1S/C10H14BrN3/c1-14(2)10(12)13-7-8-5-3-4-6-9(8)11/h3-6H,7H2,1-2H3,(H2,12,13). The third kappa shape index (κ3) is 3.03. The lowest BCUT2D eigenvalue weighted by molar-refractivity contribution is 0.609. The second kappa shape index (κ2) is 5.00. The van der Waals surface area contributed by atoms with Crippen LogP contribution in [0.15, 0.2) is 33.7 Å². The SMILES string of the molecule is CN(C)C(N)=NCc1ccccc1Br. The van der Waals surface area contributed by atoms with Crippen LogP contribution in [0.1, 0.15) is 5.56 Å². The fourth-order valence-electron chi connectivity index (χ4n) is 0.934. The maximum Gasteiger partial charge on any atom is 0.191 e. The molecule has 2 N–H and O–H groups in total. The molecular formula is C10H14BrN3. The maximum atomic E-state index is 5.68. The van der Waals surface area contributed by atoms with Crippen molar-refractivity contribution < 1.29 is 0 Å². The van der Waals surface area contributed by atoms with Gasteiger partial charge in [-0.3, -0.25) is 0 Å². The van der Waals surface area contributed by atoms with Crippen LogP contribution in [0.4, 0.5) is 0 Å². The largest absolute Gasteiger partial charge is 0.370 e. The van der Waals surface area contributed by atoms with Gasteiger partial charge in [-0.05, 0) is 11.6 Å². The molecule has 0 bridgehead atoms. The fraction of sp³-hybridized carbons (Fsp3) is 0.300. The van der Waals surface area contributed by atoms with E-state index < -0.39 is 0 Å². The second-order valence-electron chi connectivity index (χ2n) is 3.16. The quantitative estimate of drug-likeness (QED) is 0.647. The summed E-state index contributed by atoms with van der Waals surface area (Å²) >= 11 is 3.46. The Morgan fingerprint density at radius 2 is 2.07 bits per heavy atom. The third-order valence-electron chi connectivity index (χ3n) is 1.83. The highest BCUT2D eigenvalue weighted by Crippen LogP contribution is 2.16. The van der Waals surface area contributed by atoms with Crippen molar-refractivity contribution in [2.24, 2.45) is 10.7 Å². The minimum Gasteiger partial charge on any atom is -0.370 e. The van der Waals surface area contributed by atoms with Crippen LogP contribution in [0.5, 0.6) is 0 Å². The highest BCUT2D eigenvalue weighted by atomic mass is 79.9. The summed E-state index contributed by atoms with van der Waals surface area (Å²) in [5.41, 5.74) is 6.81. The molecule has 0 radical (unpaired) electrons. The summed E-state index contributed by atoms with van der Waals surface area (Å²) in [7, 11) is 3.75. The van der Waals surface area contributed by atoms with E-state index in [9.17, 15) is 0 Å². The number of halogens is 1. The van der Waals surface area contributed by atoms with E-state index in [2.05, 4.69) is 20.9 Å². The van der Waals surface area contributed by atoms with Gasteiger partial charge in [-0.1, -0.05) is 34.1 Å². The van der Waals surface area contributed by atoms with Gasteiger partial charge >= 0.3 is 0 Å². The highest BCUT2D eigenvalue weighted by Gasteiger charge is 1.98. The molecule has 76 valence electrons. The van der Waals surface area contributed by atoms with Crippen LogP contribution in [0, 0.1) is 0 Å². The van der Waals surface area contributed by atoms with Gasteiger partial charge in [-0.25, -0.2) is 4.99 Å². The normalized spacial score (nSPS) is 11.5. The van der Waals surface area contributed by atoms with Gasteiger partial charge in [0.15, 0.2) is 5.96 Å². The maximum absolute atomic E-state index is 5.68. The lowest BCUT2D eigenvalue weighted by Gasteiger charge is -2.10. The molecular weight excluding hydrogens is 242 g/mol. The Kier molecular flexibility index (Phi) is 3.95. The van der Waals surface area contributed by atoms with E-state index in [4.69, 9.17) is 5.73 Å². The molecule has 1 aromatic rings. The Hall–Kier alpha value is -1.03. The lowest BCUT2D eigenvalue weighted by Crippen LogP contribution is -2.30. The van der Waals surface area contributed by atoms with Crippen molar-refractivity contribution in [2.45, 2.75) is 6.54 Å². The zero-order chi connectivity index (χ0) is 10.6. The molecule has 14 heavy (non-hydrogen) atoms. The average molecular weight is 256 g/mol. The van der Waals surface area contributed by atoms with Crippen molar-refractivity contribution in [2.75, 3.05) is 14.1 Å². The number of hydrogen-bond donors (Lipinski definition) is 1. The summed E-state index contributed by atoms with van der Waals surface area (Å²) in [6.07, 6.45) is 0. The van der Waals surface area contributed by atoms with Crippen LogP contribution in [-0.2, 0) is 6.54 Å². The van der Waals surface area contributed by atoms with Crippen LogP contribution in [0.2, 0.25) is 0 Å². The Balaban J connectivity index is 2.71. The molecule has 3 nitrogen and oxygen atoms in total. The number of rotatable bonds is 2. The molecule has 4 heteroatoms. The van der Waals surface area contributed by atoms with Crippen molar-refractivity contribution in [3.8, 4) is 0 Å². The van der Waals surface area contributed by atoms with E-state index >= 15 is 0 Å². The zero-order valence-electron chi connectivity index (χ0n) is 8.37. The van der Waals surface area contributed by atoms with E-state index in [-0.39, 0.29) is 0 Å². The minimum absolute atomic E-state index is 0.542. The van der Waals surface area contributed by atoms with Crippen LogP contribution < -0.4 is 5.73 Å².